The van der Waals surface area contributed by atoms with Crippen molar-refractivity contribution in [1.82, 2.24) is 14.8 Å². The normalized spacial score (nSPS) is 18.0. The molecule has 4 rings (SSSR count). The zero-order valence-corrected chi connectivity index (χ0v) is 14.4. The molecule has 1 saturated heterocycles. The lowest BCUT2D eigenvalue weighted by Crippen LogP contribution is -2.38. The van der Waals surface area contributed by atoms with Crippen LogP contribution in [0.3, 0.4) is 0 Å². The molecule has 0 unspecified atom stereocenters. The molecule has 25 heavy (non-hydrogen) atoms. The highest BCUT2D eigenvalue weighted by molar-refractivity contribution is 5.94. The summed E-state index contributed by atoms with van der Waals surface area (Å²) in [6, 6.07) is 9.51. The van der Waals surface area contributed by atoms with E-state index in [1.54, 1.807) is 0 Å². The van der Waals surface area contributed by atoms with Gasteiger partial charge in [-0.3, -0.25) is 14.7 Å². The lowest BCUT2D eigenvalue weighted by atomic mass is 9.96. The van der Waals surface area contributed by atoms with Gasteiger partial charge in [0, 0.05) is 50.7 Å². The minimum absolute atomic E-state index is 0.102. The molecule has 0 aliphatic carbocycles. The van der Waals surface area contributed by atoms with E-state index in [4.69, 9.17) is 4.74 Å². The highest BCUT2D eigenvalue weighted by Crippen LogP contribution is 2.24. The van der Waals surface area contributed by atoms with Crippen LogP contribution in [0.2, 0.25) is 0 Å². The molecular weight excluding hydrogens is 314 g/mol. The Hall–Kier alpha value is -2.24. The minimum Gasteiger partial charge on any atom is -0.379 e. The number of ether oxygens (including phenoxy) is 1. The second kappa shape index (κ2) is 7.33. The van der Waals surface area contributed by atoms with Crippen molar-refractivity contribution in [3.63, 3.8) is 0 Å². The van der Waals surface area contributed by atoms with Crippen LogP contribution in [0.4, 0.5) is 0 Å². The molecule has 1 amide bonds. The Labute approximate surface area is 148 Å². The first-order valence-electron chi connectivity index (χ1n) is 8.90. The van der Waals surface area contributed by atoms with Gasteiger partial charge in [0.05, 0.1) is 13.2 Å². The number of carbonyl (C=O) groups excluding carboxylic acids is 1. The fourth-order valence-corrected chi connectivity index (χ4v) is 3.64. The largest absolute Gasteiger partial charge is 0.379 e. The third kappa shape index (κ3) is 3.57. The van der Waals surface area contributed by atoms with Gasteiger partial charge in [0.25, 0.3) is 5.91 Å². The number of fused-ring (bicyclic) bond motifs is 1. The number of carbonyl (C=O) groups is 1. The van der Waals surface area contributed by atoms with Gasteiger partial charge in [0.1, 0.15) is 0 Å². The molecule has 0 saturated carbocycles. The van der Waals surface area contributed by atoms with Crippen LogP contribution in [0.1, 0.15) is 27.0 Å². The van der Waals surface area contributed by atoms with Crippen molar-refractivity contribution in [3.8, 4) is 0 Å². The molecule has 130 valence electrons. The second-order valence-corrected chi connectivity index (χ2v) is 6.67. The minimum atomic E-state index is 0.102. The van der Waals surface area contributed by atoms with Crippen molar-refractivity contribution in [3.05, 3.63) is 65.0 Å². The van der Waals surface area contributed by atoms with E-state index in [1.165, 1.54) is 16.7 Å². The molecular formula is C20H23N3O2. The van der Waals surface area contributed by atoms with Crippen LogP contribution >= 0.6 is 0 Å². The fraction of sp³-hybridized carbons (Fsp3) is 0.400. The van der Waals surface area contributed by atoms with Gasteiger partial charge in [0.15, 0.2) is 0 Å². The van der Waals surface area contributed by atoms with Crippen molar-refractivity contribution in [1.29, 1.82) is 0 Å². The van der Waals surface area contributed by atoms with E-state index < -0.39 is 0 Å². The third-order valence-electron chi connectivity index (χ3n) is 5.03. The van der Waals surface area contributed by atoms with Crippen molar-refractivity contribution in [2.45, 2.75) is 19.5 Å². The van der Waals surface area contributed by atoms with Gasteiger partial charge in [-0.2, -0.15) is 0 Å². The number of rotatable bonds is 3. The smallest absolute Gasteiger partial charge is 0.254 e. The van der Waals surface area contributed by atoms with Crippen molar-refractivity contribution in [2.75, 3.05) is 32.8 Å². The first-order valence-corrected chi connectivity index (χ1v) is 8.90. The molecule has 0 atom stereocenters. The van der Waals surface area contributed by atoms with Gasteiger partial charge < -0.3 is 9.64 Å². The molecule has 2 aromatic rings. The number of nitrogens with zero attached hydrogens (tertiary/aromatic N) is 3. The number of hydrogen-bond donors (Lipinski definition) is 0. The quantitative estimate of drug-likeness (QED) is 0.861. The topological polar surface area (TPSA) is 45.7 Å². The summed E-state index contributed by atoms with van der Waals surface area (Å²) in [5, 5.41) is 0. The second-order valence-electron chi connectivity index (χ2n) is 6.67. The first kappa shape index (κ1) is 16.2. The van der Waals surface area contributed by atoms with Crippen LogP contribution in [0.5, 0.6) is 0 Å². The Morgan fingerprint density at radius 2 is 1.88 bits per heavy atom. The third-order valence-corrected chi connectivity index (χ3v) is 5.03. The molecule has 0 bridgehead atoms. The summed E-state index contributed by atoms with van der Waals surface area (Å²) in [6.07, 6.45) is 4.81. The standard InChI is InChI=1S/C20H23N3O2/c24-20(16-4-2-1-3-5-16)23-7-6-19-17(12-21-13-18(19)15-23)14-22-8-10-25-11-9-22/h1-5,12-13H,6-11,14-15H2. The van der Waals surface area contributed by atoms with E-state index in [-0.39, 0.29) is 5.91 Å². The number of morpholine rings is 1. The van der Waals surface area contributed by atoms with Crippen LogP contribution in [0.25, 0.3) is 0 Å². The number of pyridine rings is 1. The Kier molecular flexibility index (Phi) is 4.76. The fourth-order valence-electron chi connectivity index (χ4n) is 3.64. The van der Waals surface area contributed by atoms with Crippen LogP contribution < -0.4 is 0 Å². The molecule has 0 spiro atoms. The van der Waals surface area contributed by atoms with E-state index in [0.29, 0.717) is 6.54 Å². The number of aromatic nitrogens is 1. The summed E-state index contributed by atoms with van der Waals surface area (Å²) < 4.78 is 5.43. The lowest BCUT2D eigenvalue weighted by Gasteiger charge is -2.32. The average molecular weight is 337 g/mol. The predicted molar refractivity (Wildman–Crippen MR) is 95.2 cm³/mol. The van der Waals surface area contributed by atoms with Crippen LogP contribution in [-0.2, 0) is 24.2 Å². The van der Waals surface area contributed by atoms with E-state index in [2.05, 4.69) is 9.88 Å². The molecule has 1 aromatic heterocycles. The van der Waals surface area contributed by atoms with Crippen molar-refractivity contribution < 1.29 is 9.53 Å². The lowest BCUT2D eigenvalue weighted by molar-refractivity contribution is 0.0339. The van der Waals surface area contributed by atoms with Crippen LogP contribution in [-0.4, -0.2) is 53.5 Å². The van der Waals surface area contributed by atoms with Gasteiger partial charge in [0.2, 0.25) is 0 Å². The van der Waals surface area contributed by atoms with E-state index in [9.17, 15) is 4.79 Å². The molecule has 5 heteroatoms. The Morgan fingerprint density at radius 3 is 2.68 bits per heavy atom. The molecule has 0 radical (unpaired) electrons. The summed E-state index contributed by atoms with van der Waals surface area (Å²) in [6.45, 7) is 5.90. The summed E-state index contributed by atoms with van der Waals surface area (Å²) in [4.78, 5) is 21.5. The summed E-state index contributed by atoms with van der Waals surface area (Å²) in [7, 11) is 0. The van der Waals surface area contributed by atoms with Crippen LogP contribution in [0.15, 0.2) is 42.7 Å². The van der Waals surface area contributed by atoms with Gasteiger partial charge in [-0.05, 0) is 35.2 Å². The first-order chi connectivity index (χ1) is 12.3. The highest BCUT2D eigenvalue weighted by atomic mass is 16.5. The molecule has 0 N–H and O–H groups in total. The molecule has 2 aliphatic rings. The number of amides is 1. The van der Waals surface area contributed by atoms with Crippen LogP contribution in [0, 0.1) is 0 Å². The molecule has 5 nitrogen and oxygen atoms in total. The Bertz CT molecular complexity index is 742. The molecule has 3 heterocycles. The summed E-state index contributed by atoms with van der Waals surface area (Å²) in [5.41, 5.74) is 4.61. The van der Waals surface area contributed by atoms with Gasteiger partial charge >= 0.3 is 0 Å². The van der Waals surface area contributed by atoms with E-state index in [1.807, 2.05) is 47.6 Å². The highest BCUT2D eigenvalue weighted by Gasteiger charge is 2.24. The predicted octanol–water partition coefficient (Wildman–Crippen LogP) is 2.11. The average Bonchev–Trinajstić information content (AvgIpc) is 2.69. The SMILES string of the molecule is O=C(c1ccccc1)N1CCc2c(CN3CCOCC3)cncc2C1. The zero-order valence-electron chi connectivity index (χ0n) is 14.4. The number of hydrogen-bond acceptors (Lipinski definition) is 4. The van der Waals surface area contributed by atoms with Crippen molar-refractivity contribution >= 4 is 5.91 Å². The number of benzene rings is 1. The maximum atomic E-state index is 12.7. The summed E-state index contributed by atoms with van der Waals surface area (Å²) >= 11 is 0. The zero-order chi connectivity index (χ0) is 17.1. The van der Waals surface area contributed by atoms with E-state index in [0.717, 1.165) is 51.4 Å². The Balaban J connectivity index is 1.50. The maximum absolute atomic E-state index is 12.7. The van der Waals surface area contributed by atoms with Gasteiger partial charge in [-0.25, -0.2) is 0 Å². The molecule has 2 aliphatic heterocycles. The summed E-state index contributed by atoms with van der Waals surface area (Å²) in [5.74, 6) is 0.102. The monoisotopic (exact) mass is 337 g/mol. The molecule has 1 aromatic carbocycles. The maximum Gasteiger partial charge on any atom is 0.254 e. The van der Waals surface area contributed by atoms with Crippen molar-refractivity contribution in [2.24, 2.45) is 0 Å². The van der Waals surface area contributed by atoms with E-state index >= 15 is 0 Å². The Morgan fingerprint density at radius 1 is 1.08 bits per heavy atom. The van der Waals surface area contributed by atoms with Gasteiger partial charge in [-0.15, -0.1) is 0 Å². The van der Waals surface area contributed by atoms with Gasteiger partial charge in [-0.1, -0.05) is 18.2 Å². The molecule has 1 fully saturated rings.